The van der Waals surface area contributed by atoms with Crippen LogP contribution in [0.3, 0.4) is 0 Å². The summed E-state index contributed by atoms with van der Waals surface area (Å²) >= 11 is 6.33. The largest absolute Gasteiger partial charge is 0.444 e. The lowest BCUT2D eigenvalue weighted by atomic mass is 10.2. The van der Waals surface area contributed by atoms with E-state index in [1.165, 1.54) is 35.1 Å². The number of nitrogens with zero attached hydrogens (tertiary/aromatic N) is 4. The number of anilines is 2. The van der Waals surface area contributed by atoms with E-state index in [1.54, 1.807) is 26.8 Å². The van der Waals surface area contributed by atoms with Gasteiger partial charge in [-0.05, 0) is 39.0 Å². The van der Waals surface area contributed by atoms with Gasteiger partial charge in [-0.15, -0.1) is 0 Å². The predicted octanol–water partition coefficient (Wildman–Crippen LogP) is 4.79. The Hall–Kier alpha value is -4.33. The van der Waals surface area contributed by atoms with E-state index >= 15 is 0 Å². The number of halogens is 4. The van der Waals surface area contributed by atoms with Gasteiger partial charge in [0.1, 0.15) is 11.3 Å². The van der Waals surface area contributed by atoms with Crippen LogP contribution < -0.4 is 16.0 Å². The summed E-state index contributed by atoms with van der Waals surface area (Å²) in [5, 5.41) is 13.9. The molecule has 1 aromatic carbocycles. The van der Waals surface area contributed by atoms with Crippen molar-refractivity contribution in [1.82, 2.24) is 35.2 Å². The second-order valence-corrected chi connectivity index (χ2v) is 9.68. The number of H-pyrrole nitrogens is 1. The van der Waals surface area contributed by atoms with E-state index in [4.69, 9.17) is 16.3 Å². The predicted molar refractivity (Wildman–Crippen MR) is 137 cm³/mol. The average Bonchev–Trinajstić information content (AvgIpc) is 3.48. The number of carbonyl (C=O) groups excluding carboxylic acids is 2. The molecule has 0 aliphatic rings. The van der Waals surface area contributed by atoms with Crippen molar-refractivity contribution < 1.29 is 27.5 Å². The maximum Gasteiger partial charge on any atom is 0.433 e. The summed E-state index contributed by atoms with van der Waals surface area (Å²) in [4.78, 5) is 32.7. The molecule has 4 N–H and O–H groups in total. The Kier molecular flexibility index (Phi) is 7.67. The zero-order valence-corrected chi connectivity index (χ0v) is 21.7. The molecule has 0 aliphatic carbocycles. The van der Waals surface area contributed by atoms with E-state index in [0.717, 1.165) is 6.20 Å². The van der Waals surface area contributed by atoms with Gasteiger partial charge >= 0.3 is 12.3 Å². The Morgan fingerprint density at radius 1 is 1.10 bits per heavy atom. The van der Waals surface area contributed by atoms with E-state index in [1.807, 2.05) is 5.10 Å². The third-order valence-electron chi connectivity index (χ3n) is 5.18. The highest BCUT2D eigenvalue weighted by Gasteiger charge is 2.36. The molecule has 0 bridgehead atoms. The van der Waals surface area contributed by atoms with Crippen molar-refractivity contribution in [3.8, 4) is 11.3 Å². The van der Waals surface area contributed by atoms with Crippen LogP contribution in [-0.4, -0.2) is 55.3 Å². The Morgan fingerprint density at radius 3 is 2.54 bits per heavy atom. The number of alkyl carbamates (subject to hydrolysis) is 1. The monoisotopic (exact) mass is 564 g/mol. The molecule has 4 aromatic rings. The van der Waals surface area contributed by atoms with Gasteiger partial charge in [-0.25, -0.2) is 14.8 Å². The van der Waals surface area contributed by atoms with Gasteiger partial charge < -0.3 is 20.7 Å². The molecule has 0 unspecified atom stereocenters. The average molecular weight is 565 g/mol. The Morgan fingerprint density at radius 2 is 1.85 bits per heavy atom. The lowest BCUT2D eigenvalue weighted by molar-refractivity contribution is -0.140. The zero-order valence-electron chi connectivity index (χ0n) is 21.0. The van der Waals surface area contributed by atoms with Crippen molar-refractivity contribution in [2.24, 2.45) is 0 Å². The first-order valence-electron chi connectivity index (χ1n) is 11.6. The summed E-state index contributed by atoms with van der Waals surface area (Å²) in [5.41, 5.74) is -0.682. The van der Waals surface area contributed by atoms with Crippen LogP contribution in [-0.2, 0) is 10.9 Å². The molecule has 11 nitrogen and oxygen atoms in total. The van der Waals surface area contributed by atoms with Crippen LogP contribution in [0.5, 0.6) is 0 Å². The SMILES string of the molecule is CC(C)(C)OC(=O)NCCNC(=O)c1ccc(Nc2nccn3c(-c4cn[nH]c4C(F)(F)F)cnc23)cc1Cl. The second-order valence-electron chi connectivity index (χ2n) is 9.27. The van der Waals surface area contributed by atoms with Crippen LogP contribution in [0.25, 0.3) is 16.9 Å². The standard InChI is InChI=1S/C24H24ClF3N8O3/c1-23(2,3)39-22(38)31-7-6-30-21(37)14-5-4-13(10-16(14)25)34-19-20-32-12-17(36(20)9-8-29-19)15-11-33-35-18(15)24(26,27)28/h4-5,8-12H,6-7H2,1-3H3,(H,29,34)(H,30,37)(H,31,38)(H,33,35). The maximum atomic E-state index is 13.4. The smallest absolute Gasteiger partial charge is 0.433 e. The lowest BCUT2D eigenvalue weighted by Crippen LogP contribution is -2.37. The highest BCUT2D eigenvalue weighted by molar-refractivity contribution is 6.34. The van der Waals surface area contributed by atoms with Crippen molar-refractivity contribution >= 4 is 40.8 Å². The quantitative estimate of drug-likeness (QED) is 0.237. The number of benzene rings is 1. The summed E-state index contributed by atoms with van der Waals surface area (Å²) in [6.45, 7) is 5.53. The molecule has 0 saturated carbocycles. The fraction of sp³-hybridized carbons (Fsp3) is 0.292. The van der Waals surface area contributed by atoms with Gasteiger partial charge in [0.25, 0.3) is 5.91 Å². The summed E-state index contributed by atoms with van der Waals surface area (Å²) < 4.78 is 46.6. The van der Waals surface area contributed by atoms with Crippen molar-refractivity contribution in [2.45, 2.75) is 32.5 Å². The van der Waals surface area contributed by atoms with Crippen LogP contribution >= 0.6 is 11.6 Å². The lowest BCUT2D eigenvalue weighted by Gasteiger charge is -2.19. The third-order valence-corrected chi connectivity index (χ3v) is 5.49. The second kappa shape index (κ2) is 10.8. The van der Waals surface area contributed by atoms with Gasteiger partial charge in [0, 0.05) is 31.2 Å². The van der Waals surface area contributed by atoms with Crippen LogP contribution in [0.4, 0.5) is 29.5 Å². The minimum Gasteiger partial charge on any atom is -0.444 e. The van der Waals surface area contributed by atoms with Gasteiger partial charge in [-0.1, -0.05) is 11.6 Å². The molecule has 0 saturated heterocycles. The van der Waals surface area contributed by atoms with E-state index < -0.39 is 29.5 Å². The summed E-state index contributed by atoms with van der Waals surface area (Å²) in [6.07, 6.45) is 0.0429. The molecule has 4 rings (SSSR count). The van der Waals surface area contributed by atoms with Gasteiger partial charge in [0.15, 0.2) is 11.5 Å². The number of fused-ring (bicyclic) bond motifs is 1. The first kappa shape index (κ1) is 27.7. The first-order chi connectivity index (χ1) is 18.3. The van der Waals surface area contributed by atoms with Gasteiger partial charge in [-0.3, -0.25) is 14.3 Å². The number of hydrogen-bond donors (Lipinski definition) is 4. The third kappa shape index (κ3) is 6.57. The molecule has 39 heavy (non-hydrogen) atoms. The molecule has 15 heteroatoms. The van der Waals surface area contributed by atoms with Crippen LogP contribution in [0.15, 0.2) is 43.0 Å². The zero-order chi connectivity index (χ0) is 28.4. The van der Waals surface area contributed by atoms with E-state index in [2.05, 4.69) is 31.0 Å². The van der Waals surface area contributed by atoms with E-state index in [9.17, 15) is 22.8 Å². The number of amides is 2. The summed E-state index contributed by atoms with van der Waals surface area (Å²) in [6, 6.07) is 4.59. The molecule has 206 valence electrons. The Balaban J connectivity index is 1.44. The van der Waals surface area contributed by atoms with Crippen molar-refractivity contribution in [3.63, 3.8) is 0 Å². The summed E-state index contributed by atoms with van der Waals surface area (Å²) in [5.74, 6) is -0.196. The van der Waals surface area contributed by atoms with Crippen LogP contribution in [0, 0.1) is 0 Å². The highest BCUT2D eigenvalue weighted by atomic mass is 35.5. The van der Waals surface area contributed by atoms with Crippen LogP contribution in [0.1, 0.15) is 36.8 Å². The molecule has 0 radical (unpaired) electrons. The molecule has 3 heterocycles. The van der Waals surface area contributed by atoms with Gasteiger partial charge in [-0.2, -0.15) is 18.3 Å². The number of ether oxygens (including phenoxy) is 1. The number of aromatic amines is 1. The van der Waals surface area contributed by atoms with Crippen molar-refractivity contribution in [2.75, 3.05) is 18.4 Å². The Bertz CT molecular complexity index is 1510. The molecule has 0 fully saturated rings. The Labute approximate surface area is 225 Å². The molecule has 0 spiro atoms. The van der Waals surface area contributed by atoms with E-state index in [0.29, 0.717) is 5.69 Å². The van der Waals surface area contributed by atoms with E-state index in [-0.39, 0.29) is 46.4 Å². The number of rotatable bonds is 7. The molecule has 2 amide bonds. The normalized spacial score (nSPS) is 11.9. The van der Waals surface area contributed by atoms with Gasteiger partial charge in [0.05, 0.1) is 34.2 Å². The molecule has 3 aromatic heterocycles. The molecular formula is C24H24ClF3N8O3. The number of nitrogens with one attached hydrogen (secondary N) is 4. The number of alkyl halides is 3. The number of hydrogen-bond acceptors (Lipinski definition) is 7. The molecule has 0 aliphatic heterocycles. The highest BCUT2D eigenvalue weighted by Crippen LogP contribution is 2.36. The minimum atomic E-state index is -4.62. The van der Waals surface area contributed by atoms with Gasteiger partial charge in [0.2, 0.25) is 0 Å². The van der Waals surface area contributed by atoms with Crippen LogP contribution in [0.2, 0.25) is 5.02 Å². The number of carbonyl (C=O) groups is 2. The topological polar surface area (TPSA) is 138 Å². The molecule has 0 atom stereocenters. The fourth-order valence-corrected chi connectivity index (χ4v) is 3.83. The van der Waals surface area contributed by atoms with Crippen molar-refractivity contribution in [3.05, 3.63) is 59.3 Å². The molecular weight excluding hydrogens is 541 g/mol. The number of imidazole rings is 1. The minimum absolute atomic E-state index is 0.141. The van der Waals surface area contributed by atoms with Crippen molar-refractivity contribution in [1.29, 1.82) is 0 Å². The first-order valence-corrected chi connectivity index (χ1v) is 12.0. The number of aromatic nitrogens is 5. The summed E-state index contributed by atoms with van der Waals surface area (Å²) in [7, 11) is 0. The maximum absolute atomic E-state index is 13.4. The fourth-order valence-electron chi connectivity index (χ4n) is 3.57.